The molecular formula is C16H18N2O4. The lowest BCUT2D eigenvalue weighted by Crippen LogP contribution is -2.15. The number of hydrogen-bond acceptors (Lipinski definition) is 5. The van der Waals surface area contributed by atoms with Crippen molar-refractivity contribution in [2.24, 2.45) is 0 Å². The molecule has 6 nitrogen and oxygen atoms in total. The molecule has 1 N–H and O–H groups in total. The van der Waals surface area contributed by atoms with Crippen molar-refractivity contribution < 1.29 is 18.8 Å². The molecule has 0 aliphatic heterocycles. The molecular weight excluding hydrogens is 284 g/mol. The van der Waals surface area contributed by atoms with Gasteiger partial charge in [-0.1, -0.05) is 25.1 Å². The number of anilines is 1. The zero-order valence-electron chi connectivity index (χ0n) is 13.0. The summed E-state index contributed by atoms with van der Waals surface area (Å²) in [6.45, 7) is 5.57. The van der Waals surface area contributed by atoms with Crippen LogP contribution in [0, 0.1) is 6.92 Å². The van der Waals surface area contributed by atoms with E-state index in [1.165, 1.54) is 7.11 Å². The molecule has 6 heteroatoms. The molecule has 0 bridgehead atoms. The summed E-state index contributed by atoms with van der Waals surface area (Å²) in [6.07, 6.45) is 0. The molecule has 0 unspecified atom stereocenters. The fourth-order valence-corrected chi connectivity index (χ4v) is 2.09. The number of amides is 1. The molecule has 116 valence electrons. The minimum Gasteiger partial charge on any atom is -0.465 e. The summed E-state index contributed by atoms with van der Waals surface area (Å²) in [7, 11) is 1.31. The molecule has 0 fully saturated rings. The van der Waals surface area contributed by atoms with Gasteiger partial charge in [0.2, 0.25) is 0 Å². The third kappa shape index (κ3) is 3.16. The SMILES string of the molecule is COC(=O)c1cccc(NC(=O)c2c(C)noc2C(C)C)c1. The van der Waals surface area contributed by atoms with E-state index in [2.05, 4.69) is 15.2 Å². The molecule has 1 heterocycles. The van der Waals surface area contributed by atoms with E-state index in [1.807, 2.05) is 13.8 Å². The average Bonchev–Trinajstić information content (AvgIpc) is 2.88. The molecule has 1 aromatic heterocycles. The monoisotopic (exact) mass is 302 g/mol. The molecule has 2 aromatic rings. The van der Waals surface area contributed by atoms with Crippen molar-refractivity contribution in [3.63, 3.8) is 0 Å². The van der Waals surface area contributed by atoms with Crippen LogP contribution in [-0.2, 0) is 4.74 Å². The van der Waals surface area contributed by atoms with Gasteiger partial charge in [-0.25, -0.2) is 4.79 Å². The van der Waals surface area contributed by atoms with Gasteiger partial charge in [0.05, 0.1) is 18.4 Å². The van der Waals surface area contributed by atoms with E-state index in [0.717, 1.165) is 0 Å². The number of carbonyl (C=O) groups is 2. The highest BCUT2D eigenvalue weighted by molar-refractivity contribution is 6.06. The molecule has 22 heavy (non-hydrogen) atoms. The molecule has 0 saturated carbocycles. The van der Waals surface area contributed by atoms with Crippen LogP contribution in [0.15, 0.2) is 28.8 Å². The molecule has 2 rings (SSSR count). The maximum absolute atomic E-state index is 12.4. The number of hydrogen-bond donors (Lipinski definition) is 1. The van der Waals surface area contributed by atoms with Crippen LogP contribution in [0.3, 0.4) is 0 Å². The van der Waals surface area contributed by atoms with Gasteiger partial charge in [-0.3, -0.25) is 4.79 Å². The number of nitrogens with zero attached hydrogens (tertiary/aromatic N) is 1. The minimum atomic E-state index is -0.458. The van der Waals surface area contributed by atoms with E-state index < -0.39 is 5.97 Å². The van der Waals surface area contributed by atoms with Gasteiger partial charge in [-0.15, -0.1) is 0 Å². The highest BCUT2D eigenvalue weighted by atomic mass is 16.5. The number of esters is 1. The Labute approximate surface area is 128 Å². The van der Waals surface area contributed by atoms with Gasteiger partial charge >= 0.3 is 5.97 Å². The standard InChI is InChI=1S/C16H18N2O4/c1-9(2)14-13(10(3)18-22-14)15(19)17-12-7-5-6-11(8-12)16(20)21-4/h5-9H,1-4H3,(H,17,19). The molecule has 1 aromatic carbocycles. The predicted molar refractivity (Wildman–Crippen MR) is 81.1 cm³/mol. The Balaban J connectivity index is 2.26. The lowest BCUT2D eigenvalue weighted by atomic mass is 10.0. The molecule has 0 atom stereocenters. The summed E-state index contributed by atoms with van der Waals surface area (Å²) >= 11 is 0. The van der Waals surface area contributed by atoms with Crippen molar-refractivity contribution in [3.05, 3.63) is 46.8 Å². The van der Waals surface area contributed by atoms with Crippen molar-refractivity contribution in [2.75, 3.05) is 12.4 Å². The van der Waals surface area contributed by atoms with E-state index in [-0.39, 0.29) is 11.8 Å². The Morgan fingerprint density at radius 3 is 2.68 bits per heavy atom. The van der Waals surface area contributed by atoms with E-state index in [9.17, 15) is 9.59 Å². The van der Waals surface area contributed by atoms with Crippen LogP contribution in [0.25, 0.3) is 0 Å². The molecule has 0 aliphatic rings. The van der Waals surface area contributed by atoms with Crippen LogP contribution in [0.2, 0.25) is 0 Å². The van der Waals surface area contributed by atoms with Crippen LogP contribution in [0.4, 0.5) is 5.69 Å². The quantitative estimate of drug-likeness (QED) is 0.877. The lowest BCUT2D eigenvalue weighted by Gasteiger charge is -2.08. The maximum atomic E-state index is 12.4. The second-order valence-corrected chi connectivity index (χ2v) is 5.19. The summed E-state index contributed by atoms with van der Waals surface area (Å²) in [5.74, 6) is -0.188. The summed E-state index contributed by atoms with van der Waals surface area (Å²) in [4.78, 5) is 24.0. The third-order valence-corrected chi connectivity index (χ3v) is 3.18. The highest BCUT2D eigenvalue weighted by Gasteiger charge is 2.22. The highest BCUT2D eigenvalue weighted by Crippen LogP contribution is 2.23. The largest absolute Gasteiger partial charge is 0.465 e. The average molecular weight is 302 g/mol. The van der Waals surface area contributed by atoms with Gasteiger partial charge in [-0.2, -0.15) is 0 Å². The van der Waals surface area contributed by atoms with Gasteiger partial charge in [0.25, 0.3) is 5.91 Å². The van der Waals surface area contributed by atoms with Crippen LogP contribution in [0.5, 0.6) is 0 Å². The summed E-state index contributed by atoms with van der Waals surface area (Å²) in [6, 6.07) is 6.54. The van der Waals surface area contributed by atoms with Crippen molar-refractivity contribution in [1.82, 2.24) is 5.16 Å². The molecule has 0 radical (unpaired) electrons. The van der Waals surface area contributed by atoms with Gasteiger partial charge in [0.1, 0.15) is 5.56 Å². The van der Waals surface area contributed by atoms with E-state index in [4.69, 9.17) is 4.52 Å². The van der Waals surface area contributed by atoms with Gasteiger partial charge in [0, 0.05) is 11.6 Å². The van der Waals surface area contributed by atoms with Crippen LogP contribution >= 0.6 is 0 Å². The maximum Gasteiger partial charge on any atom is 0.337 e. The van der Waals surface area contributed by atoms with Crippen molar-refractivity contribution in [3.8, 4) is 0 Å². The number of nitrogens with one attached hydrogen (secondary N) is 1. The van der Waals surface area contributed by atoms with E-state index >= 15 is 0 Å². The van der Waals surface area contributed by atoms with Crippen molar-refractivity contribution >= 4 is 17.6 Å². The zero-order chi connectivity index (χ0) is 16.3. The van der Waals surface area contributed by atoms with E-state index in [1.54, 1.807) is 31.2 Å². The van der Waals surface area contributed by atoms with Crippen LogP contribution in [0.1, 0.15) is 51.9 Å². The third-order valence-electron chi connectivity index (χ3n) is 3.18. The smallest absolute Gasteiger partial charge is 0.337 e. The normalized spacial score (nSPS) is 10.6. The predicted octanol–water partition coefficient (Wildman–Crippen LogP) is 3.15. The lowest BCUT2D eigenvalue weighted by molar-refractivity contribution is 0.0600. The number of methoxy groups -OCH3 is 1. The number of carbonyl (C=O) groups excluding carboxylic acids is 2. The van der Waals surface area contributed by atoms with Crippen LogP contribution in [-0.4, -0.2) is 24.1 Å². The number of aryl methyl sites for hydroxylation is 1. The van der Waals surface area contributed by atoms with Crippen LogP contribution < -0.4 is 5.32 Å². The Morgan fingerprint density at radius 1 is 1.32 bits per heavy atom. The Bertz CT molecular complexity index is 704. The summed E-state index contributed by atoms with van der Waals surface area (Å²) in [5.41, 5.74) is 1.83. The zero-order valence-corrected chi connectivity index (χ0v) is 13.0. The fourth-order valence-electron chi connectivity index (χ4n) is 2.09. The first kappa shape index (κ1) is 15.8. The second kappa shape index (κ2) is 6.43. The Kier molecular flexibility index (Phi) is 4.60. The van der Waals surface area contributed by atoms with Gasteiger partial charge < -0.3 is 14.6 Å². The van der Waals surface area contributed by atoms with Crippen molar-refractivity contribution in [2.45, 2.75) is 26.7 Å². The summed E-state index contributed by atoms with van der Waals surface area (Å²) < 4.78 is 9.87. The summed E-state index contributed by atoms with van der Waals surface area (Å²) in [5, 5.41) is 6.60. The molecule has 1 amide bonds. The van der Waals surface area contributed by atoms with Crippen molar-refractivity contribution in [1.29, 1.82) is 0 Å². The first-order chi connectivity index (χ1) is 10.4. The number of rotatable bonds is 4. The Hall–Kier alpha value is -2.63. The molecule has 0 aliphatic carbocycles. The van der Waals surface area contributed by atoms with Gasteiger partial charge in [-0.05, 0) is 25.1 Å². The van der Waals surface area contributed by atoms with E-state index in [0.29, 0.717) is 28.3 Å². The Morgan fingerprint density at radius 2 is 2.05 bits per heavy atom. The molecule has 0 saturated heterocycles. The number of benzene rings is 1. The molecule has 0 spiro atoms. The first-order valence-corrected chi connectivity index (χ1v) is 6.90. The number of ether oxygens (including phenoxy) is 1. The fraction of sp³-hybridized carbons (Fsp3) is 0.312. The number of aromatic nitrogens is 1. The topological polar surface area (TPSA) is 81.4 Å². The van der Waals surface area contributed by atoms with Gasteiger partial charge in [0.15, 0.2) is 5.76 Å². The first-order valence-electron chi connectivity index (χ1n) is 6.90. The second-order valence-electron chi connectivity index (χ2n) is 5.19. The minimum absolute atomic E-state index is 0.0448.